The molecular formula is C24H27NS. The highest BCUT2D eigenvalue weighted by molar-refractivity contribution is 8.24. The largest absolute Gasteiger partial charge is 0.340 e. The molecule has 1 aliphatic rings. The summed E-state index contributed by atoms with van der Waals surface area (Å²) in [6, 6.07) is 15.8. The van der Waals surface area contributed by atoms with Crippen molar-refractivity contribution < 1.29 is 0 Å². The lowest BCUT2D eigenvalue weighted by atomic mass is 10.1. The number of benzene rings is 2. The standard InChI is InChI=1S/C24H27NS/c1-2-3-4-7-15-25-23-11-6-5-10-21(23)22-19-20(12-13-24(22)25)14-18-26-16-8-9-17-26/h5-6,8-14,16-19,26H,2-4,7,15H2,1H3/b18-14+. The molecule has 4 rings (SSSR count). The van der Waals surface area contributed by atoms with Crippen LogP contribution < -0.4 is 0 Å². The van der Waals surface area contributed by atoms with Crippen LogP contribution in [-0.4, -0.2) is 4.57 Å². The zero-order valence-electron chi connectivity index (χ0n) is 15.4. The second-order valence-electron chi connectivity index (χ2n) is 6.95. The molecule has 0 bridgehead atoms. The second kappa shape index (κ2) is 8.01. The summed E-state index contributed by atoms with van der Waals surface area (Å²) in [5.41, 5.74) is 4.03. The summed E-state index contributed by atoms with van der Waals surface area (Å²) in [5.74, 6) is 0. The van der Waals surface area contributed by atoms with Gasteiger partial charge in [0.05, 0.1) is 0 Å². The van der Waals surface area contributed by atoms with E-state index in [2.05, 4.69) is 88.4 Å². The summed E-state index contributed by atoms with van der Waals surface area (Å²) in [5, 5.41) is 9.66. The maximum atomic E-state index is 2.51. The summed E-state index contributed by atoms with van der Waals surface area (Å²) in [4.78, 5) is 0. The molecule has 0 saturated heterocycles. The van der Waals surface area contributed by atoms with Gasteiger partial charge < -0.3 is 4.57 Å². The first-order chi connectivity index (χ1) is 12.9. The van der Waals surface area contributed by atoms with E-state index in [0.29, 0.717) is 0 Å². The Balaban J connectivity index is 1.69. The molecule has 0 saturated carbocycles. The molecule has 3 aromatic rings. The molecule has 0 unspecified atom stereocenters. The number of rotatable bonds is 7. The fourth-order valence-electron chi connectivity index (χ4n) is 3.73. The Kier molecular flexibility index (Phi) is 5.31. The predicted molar refractivity (Wildman–Crippen MR) is 120 cm³/mol. The minimum Gasteiger partial charge on any atom is -0.340 e. The number of hydrogen-bond donors (Lipinski definition) is 1. The third kappa shape index (κ3) is 3.52. The van der Waals surface area contributed by atoms with Gasteiger partial charge >= 0.3 is 0 Å². The Morgan fingerprint density at radius 2 is 1.69 bits per heavy atom. The summed E-state index contributed by atoms with van der Waals surface area (Å²) >= 11 is 0. The topological polar surface area (TPSA) is 4.93 Å². The van der Waals surface area contributed by atoms with Crippen molar-refractivity contribution in [3.8, 4) is 0 Å². The van der Waals surface area contributed by atoms with Crippen LogP contribution in [0.25, 0.3) is 27.9 Å². The Morgan fingerprint density at radius 3 is 2.54 bits per heavy atom. The van der Waals surface area contributed by atoms with Gasteiger partial charge in [-0.25, -0.2) is 0 Å². The van der Waals surface area contributed by atoms with E-state index in [1.54, 1.807) is 0 Å². The van der Waals surface area contributed by atoms with Gasteiger partial charge in [-0.05, 0) is 52.5 Å². The molecule has 0 spiro atoms. The third-order valence-corrected chi connectivity index (χ3v) is 6.62. The van der Waals surface area contributed by atoms with Gasteiger partial charge in [0.25, 0.3) is 0 Å². The average Bonchev–Trinajstić information content (AvgIpc) is 3.30. The smallest absolute Gasteiger partial charge is 0.0491 e. The highest BCUT2D eigenvalue weighted by atomic mass is 32.2. The van der Waals surface area contributed by atoms with Gasteiger partial charge in [-0.1, -0.05) is 62.6 Å². The first kappa shape index (κ1) is 17.2. The van der Waals surface area contributed by atoms with Crippen LogP contribution in [0.5, 0.6) is 0 Å². The Labute approximate surface area is 159 Å². The highest BCUT2D eigenvalue weighted by Crippen LogP contribution is 2.35. The van der Waals surface area contributed by atoms with E-state index in [-0.39, 0.29) is 10.9 Å². The summed E-state index contributed by atoms with van der Waals surface area (Å²) in [6.45, 7) is 3.38. The van der Waals surface area contributed by atoms with Crippen molar-refractivity contribution in [3.63, 3.8) is 0 Å². The third-order valence-electron chi connectivity index (χ3n) is 5.10. The molecule has 1 aliphatic heterocycles. The second-order valence-corrected chi connectivity index (χ2v) is 8.74. The van der Waals surface area contributed by atoms with Crippen molar-refractivity contribution in [1.29, 1.82) is 0 Å². The Hall–Kier alpha value is -2.19. The molecule has 1 aromatic heterocycles. The van der Waals surface area contributed by atoms with Crippen LogP contribution in [-0.2, 0) is 6.54 Å². The van der Waals surface area contributed by atoms with Gasteiger partial charge in [-0.2, -0.15) is 10.9 Å². The van der Waals surface area contributed by atoms with Crippen LogP contribution >= 0.6 is 10.9 Å². The first-order valence-corrected chi connectivity index (χ1v) is 11.2. The number of unbranched alkanes of at least 4 members (excludes halogenated alkanes) is 3. The fraction of sp³-hybridized carbons (Fsp3) is 0.250. The lowest BCUT2D eigenvalue weighted by Crippen LogP contribution is -1.97. The molecule has 0 radical (unpaired) electrons. The van der Waals surface area contributed by atoms with Crippen LogP contribution in [0.3, 0.4) is 0 Å². The summed E-state index contributed by atoms with van der Waals surface area (Å²) < 4.78 is 2.51. The van der Waals surface area contributed by atoms with Crippen molar-refractivity contribution in [2.75, 3.05) is 0 Å². The van der Waals surface area contributed by atoms with E-state index in [9.17, 15) is 0 Å². The van der Waals surface area contributed by atoms with Gasteiger partial charge in [-0.3, -0.25) is 0 Å². The number of hydrogen-bond acceptors (Lipinski definition) is 0. The lowest BCUT2D eigenvalue weighted by molar-refractivity contribution is 0.602. The number of nitrogens with zero attached hydrogens (tertiary/aromatic N) is 1. The molecule has 134 valence electrons. The van der Waals surface area contributed by atoms with Crippen LogP contribution in [0.2, 0.25) is 0 Å². The predicted octanol–water partition coefficient (Wildman–Crippen LogP) is 7.39. The van der Waals surface area contributed by atoms with E-state index in [1.807, 2.05) is 0 Å². The monoisotopic (exact) mass is 361 g/mol. The first-order valence-electron chi connectivity index (χ1n) is 9.68. The maximum Gasteiger partial charge on any atom is 0.0491 e. The van der Waals surface area contributed by atoms with E-state index >= 15 is 0 Å². The van der Waals surface area contributed by atoms with Crippen molar-refractivity contribution in [2.45, 2.75) is 39.2 Å². The number of para-hydroxylation sites is 1. The number of fused-ring (bicyclic) bond motifs is 3. The molecule has 0 fully saturated rings. The molecule has 0 amide bonds. The molecule has 0 aliphatic carbocycles. The van der Waals surface area contributed by atoms with Crippen LogP contribution in [0, 0.1) is 0 Å². The van der Waals surface area contributed by atoms with E-state index in [1.165, 1.54) is 53.1 Å². The summed E-state index contributed by atoms with van der Waals surface area (Å²) in [7, 11) is -0.200. The normalized spacial score (nSPS) is 15.2. The van der Waals surface area contributed by atoms with Crippen molar-refractivity contribution >= 4 is 38.8 Å². The molecule has 1 nitrogen and oxygen atoms in total. The van der Waals surface area contributed by atoms with Crippen LogP contribution in [0.4, 0.5) is 0 Å². The zero-order valence-corrected chi connectivity index (χ0v) is 16.3. The summed E-state index contributed by atoms with van der Waals surface area (Å²) in [6.07, 6.45) is 11.8. The average molecular weight is 362 g/mol. The number of aryl methyl sites for hydroxylation is 1. The Morgan fingerprint density at radius 1 is 0.885 bits per heavy atom. The number of allylic oxidation sites excluding steroid dienone is 2. The fourth-order valence-corrected chi connectivity index (χ4v) is 4.97. The lowest BCUT2D eigenvalue weighted by Gasteiger charge is -2.07. The van der Waals surface area contributed by atoms with Gasteiger partial charge in [-0.15, -0.1) is 0 Å². The molecule has 2 heterocycles. The molecule has 2 heteroatoms. The highest BCUT2D eigenvalue weighted by Gasteiger charge is 2.10. The Bertz CT molecular complexity index is 978. The van der Waals surface area contributed by atoms with E-state index in [4.69, 9.17) is 0 Å². The SMILES string of the molecule is CCCCCCn1c2ccccc2c2cc(/C=C/[SH]3C=CC=C3)ccc21. The maximum absolute atomic E-state index is 2.51. The molecule has 0 N–H and O–H groups in total. The van der Waals surface area contributed by atoms with Gasteiger partial charge in [0, 0.05) is 28.4 Å². The van der Waals surface area contributed by atoms with Crippen LogP contribution in [0.1, 0.15) is 38.2 Å². The van der Waals surface area contributed by atoms with Gasteiger partial charge in [0.2, 0.25) is 0 Å². The van der Waals surface area contributed by atoms with Crippen LogP contribution in [0.15, 0.2) is 70.8 Å². The molecule has 2 aromatic carbocycles. The number of thiol groups is 1. The minimum atomic E-state index is -0.200. The number of aromatic nitrogens is 1. The quantitative estimate of drug-likeness (QED) is 0.331. The van der Waals surface area contributed by atoms with Gasteiger partial charge in [0.1, 0.15) is 0 Å². The van der Waals surface area contributed by atoms with E-state index in [0.717, 1.165) is 6.54 Å². The minimum absolute atomic E-state index is 0.200. The van der Waals surface area contributed by atoms with Crippen molar-refractivity contribution in [1.82, 2.24) is 4.57 Å². The van der Waals surface area contributed by atoms with Gasteiger partial charge in [0.15, 0.2) is 0 Å². The zero-order chi connectivity index (χ0) is 17.8. The molecule has 26 heavy (non-hydrogen) atoms. The van der Waals surface area contributed by atoms with Crippen molar-refractivity contribution in [2.24, 2.45) is 0 Å². The molecular weight excluding hydrogens is 334 g/mol. The van der Waals surface area contributed by atoms with E-state index < -0.39 is 0 Å². The van der Waals surface area contributed by atoms with Crippen molar-refractivity contribution in [3.05, 3.63) is 76.4 Å². The molecule has 0 atom stereocenters.